The molecule has 1 aliphatic rings. The van der Waals surface area contributed by atoms with Gasteiger partial charge in [-0.1, -0.05) is 19.0 Å². The van der Waals surface area contributed by atoms with Crippen LogP contribution in [0.3, 0.4) is 0 Å². The highest BCUT2D eigenvalue weighted by atomic mass is 19.1. The van der Waals surface area contributed by atoms with Gasteiger partial charge in [0, 0.05) is 31.7 Å². The van der Waals surface area contributed by atoms with E-state index in [-0.39, 0.29) is 5.82 Å². The SMILES string of the molecule is CC(C)CCN1CCN(Cc2nc(-c3ccc(F)cc3)no2)CC1. The molecule has 0 atom stereocenters. The van der Waals surface area contributed by atoms with E-state index in [4.69, 9.17) is 4.52 Å². The van der Waals surface area contributed by atoms with Gasteiger partial charge in [-0.05, 0) is 43.1 Å². The molecule has 1 fully saturated rings. The Balaban J connectivity index is 1.50. The zero-order valence-corrected chi connectivity index (χ0v) is 14.4. The quantitative estimate of drug-likeness (QED) is 0.813. The Hall–Kier alpha value is -1.79. The smallest absolute Gasteiger partial charge is 0.241 e. The monoisotopic (exact) mass is 332 g/mol. The van der Waals surface area contributed by atoms with Gasteiger partial charge in [0.2, 0.25) is 11.7 Å². The second-order valence-corrected chi connectivity index (χ2v) is 6.82. The van der Waals surface area contributed by atoms with E-state index < -0.39 is 0 Å². The van der Waals surface area contributed by atoms with Crippen molar-refractivity contribution in [1.82, 2.24) is 19.9 Å². The summed E-state index contributed by atoms with van der Waals surface area (Å²) in [5.41, 5.74) is 0.768. The molecule has 0 spiro atoms. The van der Waals surface area contributed by atoms with Crippen molar-refractivity contribution in [2.24, 2.45) is 5.92 Å². The number of hydrogen-bond donors (Lipinski definition) is 0. The van der Waals surface area contributed by atoms with Crippen molar-refractivity contribution in [3.8, 4) is 11.4 Å². The number of benzene rings is 1. The fourth-order valence-corrected chi connectivity index (χ4v) is 2.84. The maximum Gasteiger partial charge on any atom is 0.241 e. The van der Waals surface area contributed by atoms with E-state index in [1.54, 1.807) is 12.1 Å². The molecule has 0 aliphatic carbocycles. The Labute approximate surface area is 142 Å². The zero-order valence-electron chi connectivity index (χ0n) is 14.4. The van der Waals surface area contributed by atoms with Gasteiger partial charge < -0.3 is 9.42 Å². The number of rotatable bonds is 6. The highest BCUT2D eigenvalue weighted by molar-refractivity contribution is 5.53. The van der Waals surface area contributed by atoms with Crippen molar-refractivity contribution in [3.05, 3.63) is 36.0 Å². The minimum atomic E-state index is -0.266. The topological polar surface area (TPSA) is 45.4 Å². The maximum atomic E-state index is 13.0. The average molecular weight is 332 g/mol. The Morgan fingerprint density at radius 1 is 1.08 bits per heavy atom. The molecule has 1 aliphatic heterocycles. The first kappa shape index (κ1) is 17.0. The van der Waals surface area contributed by atoms with Gasteiger partial charge in [-0.15, -0.1) is 0 Å². The summed E-state index contributed by atoms with van der Waals surface area (Å²) in [5.74, 6) is 1.62. The third kappa shape index (κ3) is 4.61. The molecule has 1 aromatic carbocycles. The molecule has 0 bridgehead atoms. The molecule has 1 saturated heterocycles. The van der Waals surface area contributed by atoms with Crippen LogP contribution in [0, 0.1) is 11.7 Å². The predicted molar refractivity (Wildman–Crippen MR) is 90.9 cm³/mol. The molecule has 0 radical (unpaired) electrons. The summed E-state index contributed by atoms with van der Waals surface area (Å²) in [6.45, 7) is 10.6. The highest BCUT2D eigenvalue weighted by Crippen LogP contribution is 2.17. The van der Waals surface area contributed by atoms with Crippen LogP contribution in [0.5, 0.6) is 0 Å². The fraction of sp³-hybridized carbons (Fsp3) is 0.556. The molecule has 0 saturated carbocycles. The number of hydrogen-bond acceptors (Lipinski definition) is 5. The first-order valence-electron chi connectivity index (χ1n) is 8.63. The van der Waals surface area contributed by atoms with Crippen molar-refractivity contribution < 1.29 is 8.91 Å². The third-order valence-electron chi connectivity index (χ3n) is 4.42. The van der Waals surface area contributed by atoms with Crippen LogP contribution < -0.4 is 0 Å². The summed E-state index contributed by atoms with van der Waals surface area (Å²) in [5, 5.41) is 4.00. The summed E-state index contributed by atoms with van der Waals surface area (Å²) >= 11 is 0. The second kappa shape index (κ2) is 7.85. The van der Waals surface area contributed by atoms with E-state index in [1.165, 1.54) is 25.1 Å². The van der Waals surface area contributed by atoms with Crippen LogP contribution in [0.25, 0.3) is 11.4 Å². The molecule has 2 heterocycles. The average Bonchev–Trinajstić information content (AvgIpc) is 3.03. The minimum absolute atomic E-state index is 0.266. The van der Waals surface area contributed by atoms with E-state index in [0.717, 1.165) is 37.7 Å². The van der Waals surface area contributed by atoms with Crippen molar-refractivity contribution in [3.63, 3.8) is 0 Å². The zero-order chi connectivity index (χ0) is 16.9. The fourth-order valence-electron chi connectivity index (χ4n) is 2.84. The van der Waals surface area contributed by atoms with E-state index in [2.05, 4.69) is 33.8 Å². The maximum absolute atomic E-state index is 13.0. The summed E-state index contributed by atoms with van der Waals surface area (Å²) in [6, 6.07) is 6.14. The summed E-state index contributed by atoms with van der Waals surface area (Å²) in [4.78, 5) is 9.29. The van der Waals surface area contributed by atoms with Crippen molar-refractivity contribution in [1.29, 1.82) is 0 Å². The summed E-state index contributed by atoms with van der Waals surface area (Å²) in [7, 11) is 0. The Morgan fingerprint density at radius 3 is 2.42 bits per heavy atom. The normalized spacial score (nSPS) is 16.8. The number of halogens is 1. The van der Waals surface area contributed by atoms with Gasteiger partial charge >= 0.3 is 0 Å². The molecule has 0 amide bonds. The van der Waals surface area contributed by atoms with E-state index >= 15 is 0 Å². The van der Waals surface area contributed by atoms with Crippen molar-refractivity contribution >= 4 is 0 Å². The van der Waals surface area contributed by atoms with Gasteiger partial charge in [0.15, 0.2) is 0 Å². The molecule has 2 aromatic rings. The van der Waals surface area contributed by atoms with E-state index in [9.17, 15) is 4.39 Å². The minimum Gasteiger partial charge on any atom is -0.338 e. The largest absolute Gasteiger partial charge is 0.338 e. The Morgan fingerprint density at radius 2 is 1.75 bits per heavy atom. The van der Waals surface area contributed by atoms with Crippen LogP contribution in [0.15, 0.2) is 28.8 Å². The lowest BCUT2D eigenvalue weighted by molar-refractivity contribution is 0.113. The van der Waals surface area contributed by atoms with Crippen LogP contribution in [-0.4, -0.2) is 52.7 Å². The molecule has 24 heavy (non-hydrogen) atoms. The molecule has 5 nitrogen and oxygen atoms in total. The summed E-state index contributed by atoms with van der Waals surface area (Å²) in [6.07, 6.45) is 1.25. The summed E-state index contributed by atoms with van der Waals surface area (Å²) < 4.78 is 18.3. The van der Waals surface area contributed by atoms with Gasteiger partial charge in [0.1, 0.15) is 5.82 Å². The van der Waals surface area contributed by atoms with Gasteiger partial charge in [0.25, 0.3) is 0 Å². The van der Waals surface area contributed by atoms with E-state index in [1.807, 2.05) is 0 Å². The molecular weight excluding hydrogens is 307 g/mol. The number of aromatic nitrogens is 2. The van der Waals surface area contributed by atoms with Gasteiger partial charge in [-0.3, -0.25) is 4.90 Å². The highest BCUT2D eigenvalue weighted by Gasteiger charge is 2.19. The molecule has 130 valence electrons. The second-order valence-electron chi connectivity index (χ2n) is 6.82. The number of piperazine rings is 1. The van der Waals surface area contributed by atoms with Crippen molar-refractivity contribution in [2.75, 3.05) is 32.7 Å². The van der Waals surface area contributed by atoms with Crippen LogP contribution in [0.4, 0.5) is 4.39 Å². The molecule has 0 unspecified atom stereocenters. The van der Waals surface area contributed by atoms with Gasteiger partial charge in [-0.25, -0.2) is 4.39 Å². The molecule has 6 heteroatoms. The molecule has 3 rings (SSSR count). The van der Waals surface area contributed by atoms with Crippen LogP contribution in [-0.2, 0) is 6.54 Å². The Bertz CT molecular complexity index is 633. The van der Waals surface area contributed by atoms with Crippen LogP contribution in [0.2, 0.25) is 0 Å². The lowest BCUT2D eigenvalue weighted by Crippen LogP contribution is -2.46. The lowest BCUT2D eigenvalue weighted by atomic mass is 10.1. The molecular formula is C18H25FN4O. The molecule has 1 aromatic heterocycles. The van der Waals surface area contributed by atoms with Gasteiger partial charge in [-0.2, -0.15) is 4.98 Å². The predicted octanol–water partition coefficient (Wildman–Crippen LogP) is 3.04. The first-order chi connectivity index (χ1) is 11.6. The standard InChI is InChI=1S/C18H25FN4O/c1-14(2)7-8-22-9-11-23(12-10-22)13-17-20-18(21-24-17)15-3-5-16(19)6-4-15/h3-6,14H,7-13H2,1-2H3. The van der Waals surface area contributed by atoms with Crippen LogP contribution in [0.1, 0.15) is 26.2 Å². The van der Waals surface area contributed by atoms with Crippen LogP contribution >= 0.6 is 0 Å². The third-order valence-corrected chi connectivity index (χ3v) is 4.42. The Kier molecular flexibility index (Phi) is 5.58. The first-order valence-corrected chi connectivity index (χ1v) is 8.63. The van der Waals surface area contributed by atoms with Gasteiger partial charge in [0.05, 0.1) is 6.54 Å². The lowest BCUT2D eigenvalue weighted by Gasteiger charge is -2.34. The molecule has 0 N–H and O–H groups in total. The number of nitrogens with zero attached hydrogens (tertiary/aromatic N) is 4. The van der Waals surface area contributed by atoms with Crippen molar-refractivity contribution in [2.45, 2.75) is 26.8 Å². The van der Waals surface area contributed by atoms with E-state index in [0.29, 0.717) is 18.3 Å².